The molecule has 1 unspecified atom stereocenters. The summed E-state index contributed by atoms with van der Waals surface area (Å²) in [4.78, 5) is 83.0. The molecule has 11 nitrogen and oxygen atoms in total. The van der Waals surface area contributed by atoms with Gasteiger partial charge in [0.1, 0.15) is 11.4 Å². The molecule has 6 rings (SSSR count). The Kier molecular flexibility index (Phi) is 6.02. The summed E-state index contributed by atoms with van der Waals surface area (Å²) in [7, 11) is 2.74. The van der Waals surface area contributed by atoms with Crippen LogP contribution in [0.4, 0.5) is 19.7 Å². The lowest BCUT2D eigenvalue weighted by atomic mass is 9.68. The fraction of sp³-hybridized carbons (Fsp3) is 0.310. The quantitative estimate of drug-likeness (QED) is 0.346. The van der Waals surface area contributed by atoms with Crippen LogP contribution in [0.3, 0.4) is 0 Å². The van der Waals surface area contributed by atoms with Crippen LogP contribution in [0.2, 0.25) is 0 Å². The van der Waals surface area contributed by atoms with E-state index < -0.39 is 53.0 Å². The Hall–Kier alpha value is -4.87. The number of rotatable bonds is 3. The van der Waals surface area contributed by atoms with E-state index in [-0.39, 0.29) is 18.5 Å². The van der Waals surface area contributed by atoms with Crippen molar-refractivity contribution in [3.8, 4) is 0 Å². The van der Waals surface area contributed by atoms with Crippen molar-refractivity contribution in [1.82, 2.24) is 20.0 Å². The second kappa shape index (κ2) is 9.36. The standard InChI is InChI=1S/C29H26FN5O6/c1-32-25(38)29(26(39)33(2)28(32)41)14-18-12-17(7-10-21(18)34-11-3-4-22(29)34)13-20-23(36)31-27(40)35(24(20)37)15-16-5-8-19(30)9-6-16/h5-10,12-13,22H,3-4,11,14-15H2,1-2H3,(H,31,36,40)/b20-13+. The third-order valence-corrected chi connectivity index (χ3v) is 8.40. The van der Waals surface area contributed by atoms with E-state index >= 15 is 0 Å². The number of carbonyl (C=O) groups excluding carboxylic acids is 6. The summed E-state index contributed by atoms with van der Waals surface area (Å²) in [6.07, 6.45) is 2.80. The molecule has 0 saturated carbocycles. The molecule has 3 saturated heterocycles. The lowest BCUT2D eigenvalue weighted by Gasteiger charge is -2.50. The third-order valence-electron chi connectivity index (χ3n) is 8.40. The first kappa shape index (κ1) is 26.4. The number of imide groups is 4. The third kappa shape index (κ3) is 3.92. The highest BCUT2D eigenvalue weighted by Gasteiger charge is 2.63. The molecule has 1 spiro atoms. The molecule has 3 fully saturated rings. The number of halogens is 1. The number of benzene rings is 2. The van der Waals surface area contributed by atoms with Crippen molar-refractivity contribution in [2.24, 2.45) is 5.41 Å². The van der Waals surface area contributed by atoms with Gasteiger partial charge >= 0.3 is 12.1 Å². The minimum atomic E-state index is -1.48. The molecule has 4 heterocycles. The zero-order chi connectivity index (χ0) is 29.2. The predicted octanol–water partition coefficient (Wildman–Crippen LogP) is 2.05. The minimum absolute atomic E-state index is 0.0511. The summed E-state index contributed by atoms with van der Waals surface area (Å²) in [5.41, 5.74) is 0.709. The molecule has 0 radical (unpaired) electrons. The van der Waals surface area contributed by atoms with Crippen LogP contribution in [0.5, 0.6) is 0 Å². The van der Waals surface area contributed by atoms with Gasteiger partial charge in [-0.3, -0.25) is 39.2 Å². The van der Waals surface area contributed by atoms with Crippen LogP contribution in [-0.4, -0.2) is 77.1 Å². The van der Waals surface area contributed by atoms with Crippen molar-refractivity contribution in [3.05, 3.63) is 70.5 Å². The Morgan fingerprint density at radius 1 is 0.976 bits per heavy atom. The molecule has 210 valence electrons. The molecule has 2 aromatic carbocycles. The number of carbonyl (C=O) groups is 6. The number of anilines is 1. The highest BCUT2D eigenvalue weighted by Crippen LogP contribution is 2.49. The molecule has 0 aromatic heterocycles. The molecule has 1 atom stereocenters. The molecular formula is C29H26FN5O6. The SMILES string of the molecule is CN1C(=O)N(C)C(=O)C2(Cc3cc(/C=C4\C(=O)NC(=O)N(Cc5ccc(F)cc5)C4=O)ccc3N3CCCC32)C1=O. The fourth-order valence-corrected chi connectivity index (χ4v) is 6.40. The van der Waals surface area contributed by atoms with Gasteiger partial charge in [-0.2, -0.15) is 0 Å². The maximum absolute atomic E-state index is 13.6. The number of hydrogen-bond acceptors (Lipinski definition) is 7. The van der Waals surface area contributed by atoms with Crippen molar-refractivity contribution in [3.63, 3.8) is 0 Å². The summed E-state index contributed by atoms with van der Waals surface area (Å²) < 4.78 is 13.3. The van der Waals surface area contributed by atoms with E-state index in [9.17, 15) is 33.2 Å². The molecule has 41 heavy (non-hydrogen) atoms. The summed E-state index contributed by atoms with van der Waals surface area (Å²) in [5, 5.41) is 2.17. The first-order valence-electron chi connectivity index (χ1n) is 13.2. The molecule has 8 amide bonds. The van der Waals surface area contributed by atoms with Gasteiger partial charge in [0.05, 0.1) is 12.6 Å². The lowest BCUT2D eigenvalue weighted by Crippen LogP contribution is -2.70. The number of nitrogens with one attached hydrogen (secondary N) is 1. The van der Waals surface area contributed by atoms with E-state index in [1.54, 1.807) is 12.1 Å². The zero-order valence-electron chi connectivity index (χ0n) is 22.3. The summed E-state index contributed by atoms with van der Waals surface area (Å²) >= 11 is 0. The minimum Gasteiger partial charge on any atom is -0.367 e. The number of barbiturate groups is 2. The van der Waals surface area contributed by atoms with E-state index in [1.165, 1.54) is 44.4 Å². The second-order valence-corrected chi connectivity index (χ2v) is 10.7. The molecule has 0 aliphatic carbocycles. The van der Waals surface area contributed by atoms with Gasteiger partial charge in [0.25, 0.3) is 11.8 Å². The molecule has 1 N–H and O–H groups in total. The van der Waals surface area contributed by atoms with Crippen LogP contribution in [0.25, 0.3) is 6.08 Å². The Labute approximate surface area is 234 Å². The summed E-state index contributed by atoms with van der Waals surface area (Å²) in [6, 6.07) is 8.61. The smallest absolute Gasteiger partial charge is 0.332 e. The van der Waals surface area contributed by atoms with Crippen LogP contribution >= 0.6 is 0 Å². The van der Waals surface area contributed by atoms with Gasteiger partial charge in [0.15, 0.2) is 5.41 Å². The summed E-state index contributed by atoms with van der Waals surface area (Å²) in [5.74, 6) is -3.22. The van der Waals surface area contributed by atoms with Crippen LogP contribution in [0.1, 0.15) is 29.5 Å². The van der Waals surface area contributed by atoms with Gasteiger partial charge < -0.3 is 4.90 Å². The largest absolute Gasteiger partial charge is 0.367 e. The molecular weight excluding hydrogens is 533 g/mol. The Bertz CT molecular complexity index is 1560. The maximum atomic E-state index is 13.6. The fourth-order valence-electron chi connectivity index (χ4n) is 6.40. The second-order valence-electron chi connectivity index (χ2n) is 10.7. The van der Waals surface area contributed by atoms with Crippen LogP contribution in [-0.2, 0) is 32.1 Å². The molecule has 4 aliphatic heterocycles. The average Bonchev–Trinajstić information content (AvgIpc) is 3.46. The maximum Gasteiger partial charge on any atom is 0.332 e. The molecule has 4 aliphatic rings. The van der Waals surface area contributed by atoms with Crippen molar-refractivity contribution in [2.45, 2.75) is 31.8 Å². The van der Waals surface area contributed by atoms with Gasteiger partial charge in [0.2, 0.25) is 11.8 Å². The number of amides is 8. The first-order chi connectivity index (χ1) is 19.5. The van der Waals surface area contributed by atoms with Gasteiger partial charge in [-0.25, -0.2) is 14.0 Å². The highest BCUT2D eigenvalue weighted by atomic mass is 19.1. The molecule has 12 heteroatoms. The van der Waals surface area contributed by atoms with Crippen LogP contribution in [0.15, 0.2) is 48.0 Å². The van der Waals surface area contributed by atoms with Crippen molar-refractivity contribution in [2.75, 3.05) is 25.5 Å². The average molecular weight is 560 g/mol. The number of nitrogens with zero attached hydrogens (tertiary/aromatic N) is 4. The highest BCUT2D eigenvalue weighted by molar-refractivity contribution is 6.31. The Morgan fingerprint density at radius 3 is 2.34 bits per heavy atom. The molecule has 0 bridgehead atoms. The summed E-state index contributed by atoms with van der Waals surface area (Å²) in [6.45, 7) is 0.464. The first-order valence-corrected chi connectivity index (χ1v) is 13.2. The predicted molar refractivity (Wildman–Crippen MR) is 142 cm³/mol. The normalized spacial score (nSPS) is 23.0. The van der Waals surface area contributed by atoms with E-state index in [2.05, 4.69) is 5.32 Å². The topological polar surface area (TPSA) is 127 Å². The van der Waals surface area contributed by atoms with Crippen molar-refractivity contribution in [1.29, 1.82) is 0 Å². The number of fused-ring (bicyclic) bond motifs is 4. The van der Waals surface area contributed by atoms with Crippen molar-refractivity contribution >= 4 is 47.5 Å². The van der Waals surface area contributed by atoms with E-state index in [1.807, 2.05) is 11.0 Å². The Balaban J connectivity index is 1.36. The van der Waals surface area contributed by atoms with Crippen molar-refractivity contribution < 1.29 is 33.2 Å². The van der Waals surface area contributed by atoms with Gasteiger partial charge in [-0.1, -0.05) is 18.2 Å². The monoisotopic (exact) mass is 559 g/mol. The lowest BCUT2D eigenvalue weighted by molar-refractivity contribution is -0.159. The van der Waals surface area contributed by atoms with Gasteiger partial charge in [0, 0.05) is 26.3 Å². The number of urea groups is 2. The van der Waals surface area contributed by atoms with E-state index in [4.69, 9.17) is 0 Å². The molecule has 2 aromatic rings. The van der Waals surface area contributed by atoms with Gasteiger partial charge in [-0.15, -0.1) is 0 Å². The van der Waals surface area contributed by atoms with E-state index in [0.29, 0.717) is 29.7 Å². The van der Waals surface area contributed by atoms with Gasteiger partial charge in [-0.05, 0) is 66.3 Å². The van der Waals surface area contributed by atoms with E-state index in [0.717, 1.165) is 26.8 Å². The Morgan fingerprint density at radius 2 is 1.66 bits per heavy atom. The van der Waals surface area contributed by atoms with Crippen LogP contribution in [0, 0.1) is 11.2 Å². The van der Waals surface area contributed by atoms with Crippen LogP contribution < -0.4 is 10.2 Å². The number of hydrogen-bond donors (Lipinski definition) is 1. The zero-order valence-corrected chi connectivity index (χ0v) is 22.3.